The number of carbonyl (C=O) groups is 2. The van der Waals surface area contributed by atoms with Gasteiger partial charge in [-0.25, -0.2) is 8.42 Å². The van der Waals surface area contributed by atoms with Gasteiger partial charge in [-0.05, 0) is 59.7 Å². The zero-order valence-corrected chi connectivity index (χ0v) is 25.7. The first kappa shape index (κ1) is 30.2. The van der Waals surface area contributed by atoms with Gasteiger partial charge in [0.15, 0.2) is 11.5 Å². The van der Waals surface area contributed by atoms with Crippen LogP contribution in [0, 0.1) is 0 Å². The zero-order valence-electron chi connectivity index (χ0n) is 24.8. The molecule has 1 aliphatic heterocycles. The summed E-state index contributed by atoms with van der Waals surface area (Å²) in [5, 5.41) is 9.12. The molecule has 0 atom stereocenters. The van der Waals surface area contributed by atoms with Crippen LogP contribution in [0.2, 0.25) is 0 Å². The molecule has 228 valence electrons. The summed E-state index contributed by atoms with van der Waals surface area (Å²) in [5.41, 5.74) is 5.13. The van der Waals surface area contributed by atoms with E-state index >= 15 is 0 Å². The molecule has 0 unspecified atom stereocenters. The fourth-order valence-electron chi connectivity index (χ4n) is 4.98. The van der Waals surface area contributed by atoms with Crippen LogP contribution in [0.5, 0.6) is 17.2 Å². The van der Waals surface area contributed by atoms with Crippen molar-refractivity contribution in [2.45, 2.75) is 6.42 Å². The first-order chi connectivity index (χ1) is 21.0. The monoisotopic (exact) mass is 616 g/mol. The molecule has 0 bridgehead atoms. The van der Waals surface area contributed by atoms with Crippen LogP contribution in [-0.4, -0.2) is 54.9 Å². The van der Waals surface area contributed by atoms with Crippen molar-refractivity contribution in [3.05, 3.63) is 83.9 Å². The number of nitrogens with zero attached hydrogens (tertiary/aromatic N) is 1. The van der Waals surface area contributed by atoms with Crippen LogP contribution >= 0.6 is 0 Å². The lowest BCUT2D eigenvalue weighted by Crippen LogP contribution is -2.25. The Morgan fingerprint density at radius 3 is 2.18 bits per heavy atom. The Hall–Kier alpha value is -5.23. The number of carbonyl (C=O) groups excluding carboxylic acids is 2. The summed E-state index contributed by atoms with van der Waals surface area (Å²) in [6.45, 7) is 0. The van der Waals surface area contributed by atoms with Gasteiger partial charge in [-0.3, -0.25) is 13.9 Å². The molecule has 0 aliphatic carbocycles. The van der Waals surface area contributed by atoms with Crippen molar-refractivity contribution in [1.82, 2.24) is 0 Å². The maximum absolute atomic E-state index is 13.1. The highest BCUT2D eigenvalue weighted by Gasteiger charge is 2.22. The quantitative estimate of drug-likeness (QED) is 0.232. The van der Waals surface area contributed by atoms with Crippen molar-refractivity contribution in [3.63, 3.8) is 0 Å². The van der Waals surface area contributed by atoms with Crippen molar-refractivity contribution >= 4 is 50.3 Å². The summed E-state index contributed by atoms with van der Waals surface area (Å²) in [7, 11) is 2.53. The zero-order chi connectivity index (χ0) is 31.6. The Balaban J connectivity index is 1.42. The van der Waals surface area contributed by atoms with Crippen molar-refractivity contribution in [3.8, 4) is 28.4 Å². The van der Waals surface area contributed by atoms with Crippen LogP contribution in [0.25, 0.3) is 11.1 Å². The van der Waals surface area contributed by atoms with Crippen LogP contribution in [-0.2, 0) is 21.2 Å². The lowest BCUT2D eigenvalue weighted by atomic mass is 10.0. The molecule has 0 radical (unpaired) electrons. The van der Waals surface area contributed by atoms with Crippen molar-refractivity contribution < 1.29 is 32.2 Å². The summed E-state index contributed by atoms with van der Waals surface area (Å²) in [4.78, 5) is 26.1. The second-order valence-corrected chi connectivity index (χ2v) is 12.1. The lowest BCUT2D eigenvalue weighted by molar-refractivity contribution is -0.115. The molecule has 0 saturated heterocycles. The molecule has 3 N–H and O–H groups in total. The first-order valence-electron chi connectivity index (χ1n) is 13.5. The highest BCUT2D eigenvalue weighted by atomic mass is 32.2. The van der Waals surface area contributed by atoms with Crippen molar-refractivity contribution in [1.29, 1.82) is 0 Å². The van der Waals surface area contributed by atoms with Gasteiger partial charge < -0.3 is 30.2 Å². The van der Waals surface area contributed by atoms with Gasteiger partial charge >= 0.3 is 0 Å². The summed E-state index contributed by atoms with van der Waals surface area (Å²) < 4.78 is 41.9. The summed E-state index contributed by atoms with van der Waals surface area (Å²) in [6.07, 6.45) is 1.19. The molecule has 0 aromatic heterocycles. The van der Waals surface area contributed by atoms with Gasteiger partial charge in [0.25, 0.3) is 5.91 Å². The van der Waals surface area contributed by atoms with Crippen LogP contribution in [0.1, 0.15) is 15.9 Å². The van der Waals surface area contributed by atoms with E-state index in [1.165, 1.54) is 32.7 Å². The van der Waals surface area contributed by atoms with Crippen LogP contribution in [0.4, 0.5) is 28.4 Å². The Morgan fingerprint density at radius 1 is 0.818 bits per heavy atom. The molecule has 12 heteroatoms. The molecule has 0 spiro atoms. The summed E-state index contributed by atoms with van der Waals surface area (Å²) >= 11 is 0. The molecule has 11 nitrogen and oxygen atoms in total. The number of methoxy groups -OCH3 is 3. The molecule has 4 aromatic rings. The number of fused-ring (bicyclic) bond motifs is 2. The van der Waals surface area contributed by atoms with E-state index in [9.17, 15) is 18.0 Å². The summed E-state index contributed by atoms with van der Waals surface area (Å²) in [5.74, 6) is 0.753. The highest BCUT2D eigenvalue weighted by Crippen LogP contribution is 2.40. The predicted molar refractivity (Wildman–Crippen MR) is 171 cm³/mol. The number of hydrogen-bond donors (Lipinski definition) is 3. The van der Waals surface area contributed by atoms with E-state index < -0.39 is 10.0 Å². The highest BCUT2D eigenvalue weighted by molar-refractivity contribution is 7.92. The minimum absolute atomic E-state index is 0.0471. The van der Waals surface area contributed by atoms with Gasteiger partial charge in [-0.15, -0.1) is 0 Å². The standard InChI is InChI=1S/C32H32N4O7S/c1-36(44(5,39)40)27-9-7-6-8-22(27)20-10-12-23-25(17-20)34-26-18-21(11-13-24(26)35-32(23)38)33-30(37)16-19-14-28(41-2)31(43-4)29(15-19)42-3/h6-15,17-18,34H,16H2,1-5H3,(H,33,37)(H,35,38). The van der Waals surface area contributed by atoms with Gasteiger partial charge in [0.2, 0.25) is 21.7 Å². The third kappa shape index (κ3) is 6.11. The van der Waals surface area contributed by atoms with Gasteiger partial charge in [0, 0.05) is 18.3 Å². The Kier molecular flexibility index (Phi) is 8.36. The normalized spacial score (nSPS) is 12.1. The smallest absolute Gasteiger partial charge is 0.257 e. The van der Waals surface area contributed by atoms with Crippen LogP contribution in [0.3, 0.4) is 0 Å². The van der Waals surface area contributed by atoms with E-state index in [0.29, 0.717) is 67.9 Å². The molecule has 0 fully saturated rings. The number of amides is 2. The average molecular weight is 617 g/mol. The van der Waals surface area contributed by atoms with E-state index in [4.69, 9.17) is 14.2 Å². The fraction of sp³-hybridized carbons (Fsp3) is 0.188. The largest absolute Gasteiger partial charge is 0.493 e. The number of anilines is 5. The minimum Gasteiger partial charge on any atom is -0.493 e. The van der Waals surface area contributed by atoms with E-state index in [-0.39, 0.29) is 18.2 Å². The van der Waals surface area contributed by atoms with Gasteiger partial charge in [0.1, 0.15) is 0 Å². The SMILES string of the molecule is COc1cc(CC(=O)Nc2ccc3c(c2)Nc2cc(-c4ccccc4N(C)S(C)(=O)=O)ccc2C(=O)N3)cc(OC)c1OC. The van der Waals surface area contributed by atoms with E-state index in [0.717, 1.165) is 6.26 Å². The summed E-state index contributed by atoms with van der Waals surface area (Å²) in [6, 6.07) is 21.0. The number of benzene rings is 4. The second-order valence-electron chi connectivity index (χ2n) is 10.1. The van der Waals surface area contributed by atoms with E-state index in [1.54, 1.807) is 60.7 Å². The maximum atomic E-state index is 13.1. The van der Waals surface area contributed by atoms with E-state index in [1.807, 2.05) is 12.1 Å². The topological polar surface area (TPSA) is 135 Å². The fourth-order valence-corrected chi connectivity index (χ4v) is 5.50. The molecule has 1 heterocycles. The van der Waals surface area contributed by atoms with Crippen molar-refractivity contribution in [2.75, 3.05) is 54.9 Å². The molecule has 1 aliphatic rings. The molecular weight excluding hydrogens is 584 g/mol. The Labute approximate surface area is 255 Å². The maximum Gasteiger partial charge on any atom is 0.257 e. The molecular formula is C32H32N4O7S. The van der Waals surface area contributed by atoms with Gasteiger partial charge in [0.05, 0.1) is 62.3 Å². The predicted octanol–water partition coefficient (Wildman–Crippen LogP) is 5.27. The molecule has 2 amide bonds. The molecule has 44 heavy (non-hydrogen) atoms. The second kappa shape index (κ2) is 12.2. The number of para-hydroxylation sites is 1. The third-order valence-electron chi connectivity index (χ3n) is 7.23. The Bertz CT molecular complexity index is 1850. The number of rotatable bonds is 9. The lowest BCUT2D eigenvalue weighted by Gasteiger charge is -2.21. The van der Waals surface area contributed by atoms with Gasteiger partial charge in [-0.2, -0.15) is 0 Å². The average Bonchev–Trinajstić information content (AvgIpc) is 3.14. The van der Waals surface area contributed by atoms with Gasteiger partial charge in [-0.1, -0.05) is 24.3 Å². The van der Waals surface area contributed by atoms with E-state index in [2.05, 4.69) is 16.0 Å². The number of hydrogen-bond acceptors (Lipinski definition) is 8. The molecule has 5 rings (SSSR count). The number of sulfonamides is 1. The number of ether oxygens (including phenoxy) is 3. The first-order valence-corrected chi connectivity index (χ1v) is 15.4. The molecule has 4 aromatic carbocycles. The van der Waals surface area contributed by atoms with Crippen LogP contribution in [0.15, 0.2) is 72.8 Å². The van der Waals surface area contributed by atoms with Crippen LogP contribution < -0.4 is 34.5 Å². The third-order valence-corrected chi connectivity index (χ3v) is 8.42. The Morgan fingerprint density at radius 2 is 1.52 bits per heavy atom. The number of nitrogens with one attached hydrogen (secondary N) is 3. The van der Waals surface area contributed by atoms with Crippen molar-refractivity contribution in [2.24, 2.45) is 0 Å². The minimum atomic E-state index is -3.50. The molecule has 0 saturated carbocycles.